The van der Waals surface area contributed by atoms with Crippen molar-refractivity contribution >= 4 is 28.6 Å². The molecule has 152 valence electrons. The molecule has 1 aromatic heterocycles. The number of benzene rings is 2. The Morgan fingerprint density at radius 1 is 1.24 bits per heavy atom. The van der Waals surface area contributed by atoms with Gasteiger partial charge in [-0.25, -0.2) is 4.98 Å². The number of nitrogens with one attached hydrogen (secondary N) is 1. The van der Waals surface area contributed by atoms with Gasteiger partial charge in [0.2, 0.25) is 5.91 Å². The smallest absolute Gasteiger partial charge is 0.266 e. The van der Waals surface area contributed by atoms with Crippen LogP contribution in [0.5, 0.6) is 0 Å². The summed E-state index contributed by atoms with van der Waals surface area (Å²) in [5, 5.41) is 3.93. The Balaban J connectivity index is 2.01. The summed E-state index contributed by atoms with van der Waals surface area (Å²) in [4.78, 5) is 30.3. The van der Waals surface area contributed by atoms with Crippen molar-refractivity contribution < 1.29 is 9.53 Å². The predicted molar refractivity (Wildman–Crippen MR) is 117 cm³/mol. The molecule has 29 heavy (non-hydrogen) atoms. The Labute approximate surface area is 174 Å². The maximum atomic E-state index is 13.3. The molecule has 1 heterocycles. The molecule has 0 bridgehead atoms. The first-order chi connectivity index (χ1) is 13.9. The van der Waals surface area contributed by atoms with Crippen LogP contribution in [0.25, 0.3) is 16.6 Å². The summed E-state index contributed by atoms with van der Waals surface area (Å²) in [5.74, 6) is 0.0261. The molecule has 0 aliphatic carbocycles. The third-order valence-electron chi connectivity index (χ3n) is 4.49. The molecule has 0 spiro atoms. The lowest BCUT2D eigenvalue weighted by atomic mass is 10.1. The van der Waals surface area contributed by atoms with Crippen LogP contribution in [-0.2, 0) is 9.53 Å². The first-order valence-corrected chi connectivity index (χ1v) is 10.4. The van der Waals surface area contributed by atoms with Crippen molar-refractivity contribution in [2.24, 2.45) is 0 Å². The van der Waals surface area contributed by atoms with Gasteiger partial charge in [-0.15, -0.1) is 0 Å². The van der Waals surface area contributed by atoms with Crippen molar-refractivity contribution in [3.05, 3.63) is 63.9 Å². The molecule has 3 aromatic rings. The lowest BCUT2D eigenvalue weighted by Gasteiger charge is -2.16. The number of fused-ring (bicyclic) bond motifs is 1. The fourth-order valence-electron chi connectivity index (χ4n) is 3.22. The molecule has 0 radical (unpaired) electrons. The molecule has 0 unspecified atom stereocenters. The van der Waals surface area contributed by atoms with Crippen LogP contribution in [0.15, 0.2) is 52.4 Å². The number of hydrogen-bond donors (Lipinski definition) is 1. The van der Waals surface area contributed by atoms with Gasteiger partial charge in [-0.1, -0.05) is 41.6 Å². The van der Waals surface area contributed by atoms with Crippen LogP contribution in [-0.4, -0.2) is 41.0 Å². The fourth-order valence-corrected chi connectivity index (χ4v) is 4.03. The second-order valence-corrected chi connectivity index (χ2v) is 8.00. The van der Waals surface area contributed by atoms with Crippen molar-refractivity contribution in [1.29, 1.82) is 0 Å². The summed E-state index contributed by atoms with van der Waals surface area (Å²) < 4.78 is 6.66. The number of carbonyl (C=O) groups excluding carboxylic acids is 1. The summed E-state index contributed by atoms with van der Waals surface area (Å²) >= 11 is 1.25. The molecule has 2 aromatic carbocycles. The molecule has 1 atom stereocenters. The molecule has 0 fully saturated rings. The maximum Gasteiger partial charge on any atom is 0.266 e. The number of hydrogen-bond acceptors (Lipinski definition) is 5. The quantitative estimate of drug-likeness (QED) is 0.477. The summed E-state index contributed by atoms with van der Waals surface area (Å²) in [6, 6.07) is 13.1. The molecule has 0 aliphatic heterocycles. The van der Waals surface area contributed by atoms with Crippen molar-refractivity contribution in [3.63, 3.8) is 0 Å². The Morgan fingerprint density at radius 3 is 2.72 bits per heavy atom. The van der Waals surface area contributed by atoms with E-state index in [0.717, 1.165) is 16.8 Å². The van der Waals surface area contributed by atoms with Crippen LogP contribution in [0.2, 0.25) is 0 Å². The highest BCUT2D eigenvalue weighted by Crippen LogP contribution is 2.23. The molecule has 0 saturated carbocycles. The van der Waals surface area contributed by atoms with Crippen LogP contribution < -0.4 is 10.9 Å². The number of para-hydroxylation sites is 1. The number of rotatable bonds is 7. The van der Waals surface area contributed by atoms with Gasteiger partial charge >= 0.3 is 0 Å². The Kier molecular flexibility index (Phi) is 6.71. The highest BCUT2D eigenvalue weighted by molar-refractivity contribution is 7.99. The molecule has 1 N–H and O–H groups in total. The normalized spacial score (nSPS) is 12.1. The average molecular weight is 412 g/mol. The third-order valence-corrected chi connectivity index (χ3v) is 5.43. The topological polar surface area (TPSA) is 73.2 Å². The van der Waals surface area contributed by atoms with Gasteiger partial charge in [0.25, 0.3) is 5.56 Å². The minimum atomic E-state index is -0.141. The number of aromatic nitrogens is 2. The van der Waals surface area contributed by atoms with Gasteiger partial charge in [0, 0.05) is 13.2 Å². The zero-order valence-electron chi connectivity index (χ0n) is 17.1. The number of carbonyl (C=O) groups is 1. The number of nitrogens with zero attached hydrogens (tertiary/aromatic N) is 2. The second kappa shape index (κ2) is 9.24. The SMILES string of the molecule is COC[C@@H](C)NC(=O)CSc1nc2ccccc2c(=O)n1-c1ccc(C)cc1C. The molecule has 3 rings (SSSR count). The predicted octanol–water partition coefficient (Wildman–Crippen LogP) is 3.25. The lowest BCUT2D eigenvalue weighted by Crippen LogP contribution is -2.36. The largest absolute Gasteiger partial charge is 0.383 e. The first-order valence-electron chi connectivity index (χ1n) is 9.41. The molecular formula is C22H25N3O3S. The summed E-state index contributed by atoms with van der Waals surface area (Å²) in [5.41, 5.74) is 3.35. The minimum absolute atomic E-state index is 0.0841. The van der Waals surface area contributed by atoms with Crippen molar-refractivity contribution in [1.82, 2.24) is 14.9 Å². The first kappa shape index (κ1) is 21.1. The summed E-state index contributed by atoms with van der Waals surface area (Å²) in [7, 11) is 1.60. The summed E-state index contributed by atoms with van der Waals surface area (Å²) in [6.45, 7) is 6.31. The van der Waals surface area contributed by atoms with Crippen LogP contribution in [0.4, 0.5) is 0 Å². The van der Waals surface area contributed by atoms with Crippen molar-refractivity contribution in [2.45, 2.75) is 32.0 Å². The molecule has 1 amide bonds. The van der Waals surface area contributed by atoms with Crippen LogP contribution in [0, 0.1) is 13.8 Å². The molecule has 0 aliphatic rings. The van der Waals surface area contributed by atoms with Crippen LogP contribution >= 0.6 is 11.8 Å². The van der Waals surface area contributed by atoms with E-state index in [-0.39, 0.29) is 23.3 Å². The monoisotopic (exact) mass is 411 g/mol. The Bertz CT molecular complexity index is 1090. The van der Waals surface area contributed by atoms with E-state index in [2.05, 4.69) is 10.3 Å². The van der Waals surface area contributed by atoms with E-state index in [0.29, 0.717) is 22.7 Å². The molecule has 6 nitrogen and oxygen atoms in total. The Morgan fingerprint density at radius 2 is 2.00 bits per heavy atom. The van der Waals surface area contributed by atoms with Crippen molar-refractivity contribution in [3.8, 4) is 5.69 Å². The number of amides is 1. The Hall–Kier alpha value is -2.64. The van der Waals surface area contributed by atoms with E-state index in [9.17, 15) is 9.59 Å². The van der Waals surface area contributed by atoms with Gasteiger partial charge in [0.1, 0.15) is 0 Å². The van der Waals surface area contributed by atoms with Crippen molar-refractivity contribution in [2.75, 3.05) is 19.5 Å². The minimum Gasteiger partial charge on any atom is -0.383 e. The molecular weight excluding hydrogens is 386 g/mol. The van der Waals surface area contributed by atoms with Gasteiger partial charge in [0.05, 0.1) is 29.0 Å². The zero-order chi connectivity index (χ0) is 21.0. The molecule has 7 heteroatoms. The molecule has 0 saturated heterocycles. The number of thioether (sulfide) groups is 1. The van der Waals surface area contributed by atoms with E-state index in [1.54, 1.807) is 17.7 Å². The summed E-state index contributed by atoms with van der Waals surface area (Å²) in [6.07, 6.45) is 0. The standard InChI is InChI=1S/C22H25N3O3S/c1-14-9-10-19(15(2)11-14)25-21(27)17-7-5-6-8-18(17)24-22(25)29-13-20(26)23-16(3)12-28-4/h5-11,16H,12-13H2,1-4H3,(H,23,26)/t16-/m1/s1. The second-order valence-electron chi connectivity index (χ2n) is 7.05. The van der Waals surface area contributed by atoms with Crippen LogP contribution in [0.1, 0.15) is 18.1 Å². The number of ether oxygens (including phenoxy) is 1. The average Bonchev–Trinajstić information content (AvgIpc) is 2.67. The van der Waals surface area contributed by atoms with Gasteiger partial charge in [-0.05, 0) is 44.5 Å². The van der Waals surface area contributed by atoms with E-state index >= 15 is 0 Å². The lowest BCUT2D eigenvalue weighted by molar-refractivity contribution is -0.119. The van der Waals surface area contributed by atoms with Gasteiger partial charge < -0.3 is 10.1 Å². The highest BCUT2D eigenvalue weighted by atomic mass is 32.2. The maximum absolute atomic E-state index is 13.3. The van der Waals surface area contributed by atoms with E-state index in [4.69, 9.17) is 4.74 Å². The van der Waals surface area contributed by atoms with E-state index in [1.165, 1.54) is 11.8 Å². The number of aryl methyl sites for hydroxylation is 2. The third kappa shape index (κ3) is 4.86. The van der Waals surface area contributed by atoms with Gasteiger partial charge in [-0.2, -0.15) is 0 Å². The highest BCUT2D eigenvalue weighted by Gasteiger charge is 2.16. The van der Waals surface area contributed by atoms with E-state index in [1.807, 2.05) is 57.2 Å². The van der Waals surface area contributed by atoms with Gasteiger partial charge in [-0.3, -0.25) is 14.2 Å². The van der Waals surface area contributed by atoms with Gasteiger partial charge in [0.15, 0.2) is 5.16 Å². The van der Waals surface area contributed by atoms with Crippen LogP contribution in [0.3, 0.4) is 0 Å². The van der Waals surface area contributed by atoms with E-state index < -0.39 is 0 Å². The number of methoxy groups -OCH3 is 1. The fraction of sp³-hybridized carbons (Fsp3) is 0.318. The zero-order valence-corrected chi connectivity index (χ0v) is 17.9.